The lowest BCUT2D eigenvalue weighted by Crippen LogP contribution is -2.07. The first-order valence-corrected chi connectivity index (χ1v) is 10.7. The second-order valence-electron chi connectivity index (χ2n) is 7.09. The van der Waals surface area contributed by atoms with Crippen LogP contribution in [0.4, 0.5) is 0 Å². The number of ether oxygens (including phenoxy) is 3. The van der Waals surface area contributed by atoms with Gasteiger partial charge in [0.05, 0.1) is 13.2 Å². The van der Waals surface area contributed by atoms with Gasteiger partial charge in [0.15, 0.2) is 5.75 Å². The zero-order chi connectivity index (χ0) is 21.0. The van der Waals surface area contributed by atoms with Crippen molar-refractivity contribution in [3.63, 3.8) is 0 Å². The Balaban J connectivity index is 1.62. The van der Waals surface area contributed by atoms with E-state index in [1.807, 2.05) is 36.4 Å². The lowest BCUT2D eigenvalue weighted by molar-refractivity contribution is 0.246. The van der Waals surface area contributed by atoms with Crippen LogP contribution in [0.3, 0.4) is 0 Å². The Bertz CT molecular complexity index is 883. The second kappa shape index (κ2) is 11.8. The van der Waals surface area contributed by atoms with E-state index in [0.717, 1.165) is 37.0 Å². The van der Waals surface area contributed by atoms with E-state index < -0.39 is 0 Å². The molecule has 0 fully saturated rings. The van der Waals surface area contributed by atoms with Crippen LogP contribution >= 0.6 is 0 Å². The van der Waals surface area contributed by atoms with E-state index in [1.165, 1.54) is 5.56 Å². The van der Waals surface area contributed by atoms with Crippen molar-refractivity contribution in [3.05, 3.63) is 66.4 Å². The number of hydrogen-bond acceptors (Lipinski definition) is 5. The first kappa shape index (κ1) is 21.6. The summed E-state index contributed by atoms with van der Waals surface area (Å²) in [6.45, 7) is 5.82. The molecule has 0 saturated carbocycles. The number of unbranched alkanes of at least 4 members (excludes halogenated alkanes) is 2. The van der Waals surface area contributed by atoms with Crippen molar-refractivity contribution in [1.29, 1.82) is 0 Å². The predicted octanol–water partition coefficient (Wildman–Crippen LogP) is 6.08. The molecule has 0 aliphatic rings. The minimum absolute atomic E-state index is 0.317. The third-order valence-corrected chi connectivity index (χ3v) is 4.62. The lowest BCUT2D eigenvalue weighted by Gasteiger charge is -2.12. The molecule has 0 amide bonds. The van der Waals surface area contributed by atoms with E-state index in [2.05, 4.69) is 48.3 Å². The van der Waals surface area contributed by atoms with Crippen LogP contribution in [0, 0.1) is 0 Å². The molecule has 0 atom stereocenters. The van der Waals surface area contributed by atoms with Crippen LogP contribution < -0.4 is 14.2 Å². The third-order valence-electron chi connectivity index (χ3n) is 4.62. The van der Waals surface area contributed by atoms with Gasteiger partial charge in [-0.25, -0.2) is 0 Å². The molecule has 5 nitrogen and oxygen atoms in total. The van der Waals surface area contributed by atoms with Crippen molar-refractivity contribution in [2.24, 2.45) is 0 Å². The molecular formula is C25H30N2O3. The minimum Gasteiger partial charge on any atom is -0.488 e. The summed E-state index contributed by atoms with van der Waals surface area (Å²) in [5, 5.41) is 8.46. The van der Waals surface area contributed by atoms with Gasteiger partial charge < -0.3 is 14.2 Å². The topological polar surface area (TPSA) is 53.5 Å². The molecule has 3 rings (SSSR count). The summed E-state index contributed by atoms with van der Waals surface area (Å²) in [6.07, 6.45) is 4.09. The van der Waals surface area contributed by atoms with Crippen LogP contribution in [0.2, 0.25) is 0 Å². The average Bonchev–Trinajstić information content (AvgIpc) is 2.80. The van der Waals surface area contributed by atoms with Crippen molar-refractivity contribution in [1.82, 2.24) is 10.2 Å². The molecule has 0 saturated heterocycles. The van der Waals surface area contributed by atoms with Gasteiger partial charge in [-0.1, -0.05) is 69.2 Å². The SMILES string of the molecule is CCCCOc1cc(COc2ccc(-c3ccccc3)cc2)nnc1OCCCC. The highest BCUT2D eigenvalue weighted by atomic mass is 16.5. The highest BCUT2D eigenvalue weighted by Crippen LogP contribution is 2.26. The van der Waals surface area contributed by atoms with Crippen LogP contribution in [-0.2, 0) is 6.61 Å². The average molecular weight is 407 g/mol. The summed E-state index contributed by atoms with van der Waals surface area (Å²) >= 11 is 0. The predicted molar refractivity (Wildman–Crippen MR) is 119 cm³/mol. The normalized spacial score (nSPS) is 10.6. The Labute approximate surface area is 179 Å². The molecule has 158 valence electrons. The van der Waals surface area contributed by atoms with E-state index in [-0.39, 0.29) is 0 Å². The Morgan fingerprint density at radius 3 is 2.07 bits per heavy atom. The standard InChI is InChI=1S/C25H30N2O3/c1-3-5-16-28-24-18-22(26-27-25(24)29-17-6-4-2)19-30-23-14-12-21(13-15-23)20-10-8-7-9-11-20/h7-15,18H,3-6,16-17,19H2,1-2H3. The number of nitrogens with zero attached hydrogens (tertiary/aromatic N) is 2. The van der Waals surface area contributed by atoms with Gasteiger partial charge in [0.1, 0.15) is 18.1 Å². The largest absolute Gasteiger partial charge is 0.488 e. The van der Waals surface area contributed by atoms with Gasteiger partial charge in [-0.3, -0.25) is 0 Å². The fourth-order valence-electron chi connectivity index (χ4n) is 2.85. The van der Waals surface area contributed by atoms with Crippen LogP contribution in [0.5, 0.6) is 17.4 Å². The van der Waals surface area contributed by atoms with Crippen LogP contribution in [0.25, 0.3) is 11.1 Å². The molecule has 2 aromatic carbocycles. The molecule has 1 aromatic heterocycles. The van der Waals surface area contributed by atoms with E-state index in [1.54, 1.807) is 0 Å². The molecule has 0 aliphatic carbocycles. The maximum Gasteiger partial charge on any atom is 0.276 e. The number of aromatic nitrogens is 2. The maximum absolute atomic E-state index is 5.90. The van der Waals surface area contributed by atoms with E-state index in [0.29, 0.717) is 37.1 Å². The molecule has 3 aromatic rings. The van der Waals surface area contributed by atoms with Crippen molar-refractivity contribution < 1.29 is 14.2 Å². The first-order chi connectivity index (χ1) is 14.8. The summed E-state index contributed by atoms with van der Waals surface area (Å²) in [5.41, 5.74) is 3.04. The van der Waals surface area contributed by atoms with Gasteiger partial charge in [0, 0.05) is 6.07 Å². The molecule has 0 radical (unpaired) electrons. The first-order valence-electron chi connectivity index (χ1n) is 10.7. The van der Waals surface area contributed by atoms with Gasteiger partial charge in [0.25, 0.3) is 5.88 Å². The minimum atomic E-state index is 0.317. The fraction of sp³-hybridized carbons (Fsp3) is 0.360. The molecule has 5 heteroatoms. The molecule has 0 spiro atoms. The van der Waals surface area contributed by atoms with Crippen LogP contribution in [0.1, 0.15) is 45.2 Å². The highest BCUT2D eigenvalue weighted by molar-refractivity contribution is 5.63. The summed E-state index contributed by atoms with van der Waals surface area (Å²) in [7, 11) is 0. The van der Waals surface area contributed by atoms with Crippen molar-refractivity contribution in [3.8, 4) is 28.5 Å². The number of benzene rings is 2. The number of hydrogen-bond donors (Lipinski definition) is 0. The third kappa shape index (κ3) is 6.48. The second-order valence-corrected chi connectivity index (χ2v) is 7.09. The molecule has 0 N–H and O–H groups in total. The molecule has 0 bridgehead atoms. The van der Waals surface area contributed by atoms with Gasteiger partial charge in [-0.15, -0.1) is 10.2 Å². The van der Waals surface area contributed by atoms with Crippen LogP contribution in [0.15, 0.2) is 60.7 Å². The Morgan fingerprint density at radius 1 is 0.700 bits per heavy atom. The molecule has 1 heterocycles. The zero-order valence-electron chi connectivity index (χ0n) is 17.8. The summed E-state index contributed by atoms with van der Waals surface area (Å²) in [6, 6.07) is 20.2. The lowest BCUT2D eigenvalue weighted by atomic mass is 10.1. The maximum atomic E-state index is 5.90. The van der Waals surface area contributed by atoms with Crippen molar-refractivity contribution in [2.45, 2.75) is 46.1 Å². The highest BCUT2D eigenvalue weighted by Gasteiger charge is 2.11. The Kier molecular flexibility index (Phi) is 8.51. The molecule has 30 heavy (non-hydrogen) atoms. The number of rotatable bonds is 12. The fourth-order valence-corrected chi connectivity index (χ4v) is 2.85. The van der Waals surface area contributed by atoms with E-state index >= 15 is 0 Å². The van der Waals surface area contributed by atoms with Gasteiger partial charge in [-0.2, -0.15) is 0 Å². The van der Waals surface area contributed by atoms with Gasteiger partial charge in [-0.05, 0) is 36.1 Å². The zero-order valence-corrected chi connectivity index (χ0v) is 17.8. The van der Waals surface area contributed by atoms with Crippen molar-refractivity contribution >= 4 is 0 Å². The van der Waals surface area contributed by atoms with Gasteiger partial charge >= 0.3 is 0 Å². The van der Waals surface area contributed by atoms with Gasteiger partial charge in [0.2, 0.25) is 0 Å². The van der Waals surface area contributed by atoms with Crippen molar-refractivity contribution in [2.75, 3.05) is 13.2 Å². The van der Waals surface area contributed by atoms with E-state index in [9.17, 15) is 0 Å². The van der Waals surface area contributed by atoms with E-state index in [4.69, 9.17) is 14.2 Å². The van der Waals surface area contributed by atoms with Crippen LogP contribution in [-0.4, -0.2) is 23.4 Å². The summed E-state index contributed by atoms with van der Waals surface area (Å²) in [4.78, 5) is 0. The monoisotopic (exact) mass is 406 g/mol. The Morgan fingerprint density at radius 2 is 1.37 bits per heavy atom. The molecule has 0 aliphatic heterocycles. The summed E-state index contributed by atoms with van der Waals surface area (Å²) in [5.74, 6) is 1.87. The molecule has 0 unspecified atom stereocenters. The Hall–Kier alpha value is -3.08. The molecular weight excluding hydrogens is 376 g/mol. The smallest absolute Gasteiger partial charge is 0.276 e. The summed E-state index contributed by atoms with van der Waals surface area (Å²) < 4.78 is 17.5. The quantitative estimate of drug-likeness (QED) is 0.341.